The third-order valence-electron chi connectivity index (χ3n) is 4.16. The van der Waals surface area contributed by atoms with Crippen LogP contribution in [0.3, 0.4) is 0 Å². The summed E-state index contributed by atoms with van der Waals surface area (Å²) in [6.07, 6.45) is 4.47. The lowest BCUT2D eigenvalue weighted by molar-refractivity contribution is 0.275. The largest absolute Gasteiger partial charge is 0.390 e. The van der Waals surface area contributed by atoms with E-state index in [1.807, 2.05) is 0 Å². The SMILES string of the molecule is CCc1nn2c(CO)c(-c3ccc4c(c3)CCC4)nc2s1. The Morgan fingerprint density at radius 2 is 2.14 bits per heavy atom. The molecule has 2 heterocycles. The first-order valence-corrected chi connectivity index (χ1v) is 8.22. The maximum absolute atomic E-state index is 9.75. The monoisotopic (exact) mass is 299 g/mol. The van der Waals surface area contributed by atoms with Gasteiger partial charge < -0.3 is 5.11 Å². The lowest BCUT2D eigenvalue weighted by Crippen LogP contribution is -1.96. The molecule has 0 unspecified atom stereocenters. The van der Waals surface area contributed by atoms with E-state index in [0.29, 0.717) is 0 Å². The maximum Gasteiger partial charge on any atom is 0.213 e. The first-order valence-electron chi connectivity index (χ1n) is 7.40. The van der Waals surface area contributed by atoms with Gasteiger partial charge in [-0.3, -0.25) is 0 Å². The van der Waals surface area contributed by atoms with Gasteiger partial charge in [-0.2, -0.15) is 5.10 Å². The highest BCUT2D eigenvalue weighted by molar-refractivity contribution is 7.16. The molecule has 4 nitrogen and oxygen atoms in total. The van der Waals surface area contributed by atoms with E-state index in [9.17, 15) is 5.11 Å². The van der Waals surface area contributed by atoms with Gasteiger partial charge in [-0.25, -0.2) is 9.50 Å². The molecule has 0 bridgehead atoms. The van der Waals surface area contributed by atoms with E-state index in [1.54, 1.807) is 15.9 Å². The normalized spacial score (nSPS) is 14.0. The van der Waals surface area contributed by atoms with Gasteiger partial charge in [-0.05, 0) is 42.9 Å². The summed E-state index contributed by atoms with van der Waals surface area (Å²) in [5.41, 5.74) is 5.63. The fourth-order valence-electron chi connectivity index (χ4n) is 3.06. The van der Waals surface area contributed by atoms with E-state index in [0.717, 1.165) is 39.8 Å². The minimum absolute atomic E-state index is 0.0412. The maximum atomic E-state index is 9.75. The zero-order valence-electron chi connectivity index (χ0n) is 12.0. The van der Waals surface area contributed by atoms with E-state index in [1.165, 1.54) is 24.0 Å². The van der Waals surface area contributed by atoms with Gasteiger partial charge in [0.05, 0.1) is 18.0 Å². The van der Waals surface area contributed by atoms with Gasteiger partial charge in [0.15, 0.2) is 0 Å². The van der Waals surface area contributed by atoms with Gasteiger partial charge >= 0.3 is 0 Å². The summed E-state index contributed by atoms with van der Waals surface area (Å²) < 4.78 is 1.80. The molecule has 4 rings (SSSR count). The molecule has 2 aromatic heterocycles. The molecule has 3 aromatic rings. The Labute approximate surface area is 127 Å². The Balaban J connectivity index is 1.87. The Morgan fingerprint density at radius 1 is 1.29 bits per heavy atom. The zero-order chi connectivity index (χ0) is 14.4. The molecule has 1 aliphatic carbocycles. The number of rotatable bonds is 3. The number of aliphatic hydroxyl groups is 1. The molecule has 0 atom stereocenters. The average molecular weight is 299 g/mol. The van der Waals surface area contributed by atoms with E-state index >= 15 is 0 Å². The number of aryl methyl sites for hydroxylation is 3. The van der Waals surface area contributed by atoms with Crippen molar-refractivity contribution in [1.82, 2.24) is 14.6 Å². The van der Waals surface area contributed by atoms with Gasteiger partial charge in [0, 0.05) is 5.56 Å². The fraction of sp³-hybridized carbons (Fsp3) is 0.375. The van der Waals surface area contributed by atoms with Crippen LogP contribution in [0, 0.1) is 0 Å². The van der Waals surface area contributed by atoms with Crippen molar-refractivity contribution in [3.63, 3.8) is 0 Å². The minimum atomic E-state index is -0.0412. The first kappa shape index (κ1) is 13.0. The van der Waals surface area contributed by atoms with Crippen LogP contribution >= 0.6 is 11.3 Å². The summed E-state index contributed by atoms with van der Waals surface area (Å²) in [5, 5.41) is 15.3. The first-order chi connectivity index (χ1) is 10.3. The smallest absolute Gasteiger partial charge is 0.213 e. The van der Waals surface area contributed by atoms with Crippen molar-refractivity contribution in [3.05, 3.63) is 40.0 Å². The molecule has 1 aliphatic rings. The predicted molar refractivity (Wildman–Crippen MR) is 83.6 cm³/mol. The molecule has 1 N–H and O–H groups in total. The molecule has 0 aliphatic heterocycles. The van der Waals surface area contributed by atoms with E-state index in [2.05, 4.69) is 30.2 Å². The van der Waals surface area contributed by atoms with Crippen LogP contribution in [0.2, 0.25) is 0 Å². The number of nitrogens with zero attached hydrogens (tertiary/aromatic N) is 3. The Kier molecular flexibility index (Phi) is 3.05. The van der Waals surface area contributed by atoms with Gasteiger partial charge in [-0.15, -0.1) is 0 Å². The summed E-state index contributed by atoms with van der Waals surface area (Å²) in [5.74, 6) is 0. The number of fused-ring (bicyclic) bond motifs is 2. The predicted octanol–water partition coefficient (Wildman–Crippen LogP) is 3.00. The van der Waals surface area contributed by atoms with Crippen molar-refractivity contribution in [2.24, 2.45) is 0 Å². The number of aromatic nitrogens is 3. The van der Waals surface area contributed by atoms with E-state index < -0.39 is 0 Å². The summed E-state index contributed by atoms with van der Waals surface area (Å²) in [7, 11) is 0. The number of hydrogen-bond donors (Lipinski definition) is 1. The van der Waals surface area contributed by atoms with Gasteiger partial charge in [-0.1, -0.05) is 30.4 Å². The topological polar surface area (TPSA) is 50.4 Å². The lowest BCUT2D eigenvalue weighted by Gasteiger charge is -2.04. The quantitative estimate of drug-likeness (QED) is 0.809. The third-order valence-corrected chi connectivity index (χ3v) is 5.22. The van der Waals surface area contributed by atoms with E-state index in [4.69, 9.17) is 4.98 Å². The molecular weight excluding hydrogens is 282 g/mol. The second-order valence-electron chi connectivity index (χ2n) is 5.45. The summed E-state index contributed by atoms with van der Waals surface area (Å²) in [4.78, 5) is 5.57. The van der Waals surface area contributed by atoms with Crippen molar-refractivity contribution in [2.75, 3.05) is 0 Å². The fourth-order valence-corrected chi connectivity index (χ4v) is 3.92. The molecule has 0 amide bonds. The lowest BCUT2D eigenvalue weighted by atomic mass is 10.0. The van der Waals surface area contributed by atoms with Crippen LogP contribution in [0.1, 0.15) is 35.2 Å². The highest BCUT2D eigenvalue weighted by Gasteiger charge is 2.19. The highest BCUT2D eigenvalue weighted by atomic mass is 32.1. The number of benzene rings is 1. The highest BCUT2D eigenvalue weighted by Crippen LogP contribution is 2.31. The van der Waals surface area contributed by atoms with Crippen LogP contribution in [0.25, 0.3) is 16.2 Å². The van der Waals surface area contributed by atoms with Crippen molar-refractivity contribution < 1.29 is 5.11 Å². The number of imidazole rings is 1. The van der Waals surface area contributed by atoms with Crippen molar-refractivity contribution in [3.8, 4) is 11.3 Å². The number of aliphatic hydroxyl groups excluding tert-OH is 1. The third kappa shape index (κ3) is 2.00. The second-order valence-corrected chi connectivity index (χ2v) is 6.49. The molecule has 5 heteroatoms. The number of hydrogen-bond acceptors (Lipinski definition) is 4. The molecule has 0 saturated heterocycles. The Hall–Kier alpha value is -1.72. The zero-order valence-corrected chi connectivity index (χ0v) is 12.8. The van der Waals surface area contributed by atoms with Crippen molar-refractivity contribution in [2.45, 2.75) is 39.2 Å². The van der Waals surface area contributed by atoms with Crippen LogP contribution in [0.4, 0.5) is 0 Å². The molecule has 0 saturated carbocycles. The van der Waals surface area contributed by atoms with Crippen LogP contribution < -0.4 is 0 Å². The molecule has 1 aromatic carbocycles. The van der Waals surface area contributed by atoms with Crippen LogP contribution in [0.5, 0.6) is 0 Å². The summed E-state index contributed by atoms with van der Waals surface area (Å²) in [6, 6.07) is 6.56. The molecule has 0 spiro atoms. The molecule has 0 radical (unpaired) electrons. The molecule has 0 fully saturated rings. The van der Waals surface area contributed by atoms with Gasteiger partial charge in [0.25, 0.3) is 0 Å². The standard InChI is InChI=1S/C16H17N3OS/c1-2-14-18-19-13(9-20)15(17-16(19)21-14)12-7-6-10-4-3-5-11(10)8-12/h6-8,20H,2-5,9H2,1H3. The Morgan fingerprint density at radius 3 is 2.95 bits per heavy atom. The van der Waals surface area contributed by atoms with Crippen LogP contribution in [-0.2, 0) is 25.9 Å². The second kappa shape index (κ2) is 4.93. The minimum Gasteiger partial charge on any atom is -0.390 e. The summed E-state index contributed by atoms with van der Waals surface area (Å²) >= 11 is 1.60. The Bertz CT molecular complexity index is 818. The van der Waals surface area contributed by atoms with Crippen molar-refractivity contribution >= 4 is 16.3 Å². The molecule has 108 valence electrons. The molecular formula is C16H17N3OS. The van der Waals surface area contributed by atoms with E-state index in [-0.39, 0.29) is 6.61 Å². The molecule has 21 heavy (non-hydrogen) atoms. The van der Waals surface area contributed by atoms with Gasteiger partial charge in [0.1, 0.15) is 5.01 Å². The van der Waals surface area contributed by atoms with Crippen molar-refractivity contribution in [1.29, 1.82) is 0 Å². The van der Waals surface area contributed by atoms with Crippen LogP contribution in [-0.4, -0.2) is 19.7 Å². The van der Waals surface area contributed by atoms with Gasteiger partial charge in [0.2, 0.25) is 4.96 Å². The van der Waals surface area contributed by atoms with Crippen LogP contribution in [0.15, 0.2) is 18.2 Å². The summed E-state index contributed by atoms with van der Waals surface area (Å²) in [6.45, 7) is 2.04. The average Bonchev–Trinajstić information content (AvgIpc) is 3.19.